The van der Waals surface area contributed by atoms with E-state index in [1.807, 2.05) is 0 Å². The Morgan fingerprint density at radius 3 is 2.62 bits per heavy atom. The molecule has 0 aliphatic heterocycles. The van der Waals surface area contributed by atoms with Crippen molar-refractivity contribution in [3.63, 3.8) is 0 Å². The van der Waals surface area contributed by atoms with Crippen LogP contribution in [-0.2, 0) is 17.1 Å². The van der Waals surface area contributed by atoms with E-state index in [0.717, 1.165) is 0 Å². The summed E-state index contributed by atoms with van der Waals surface area (Å²) in [7, 11) is -2.27. The Balaban J connectivity index is 2.44. The first-order chi connectivity index (χ1) is 9.70. The Morgan fingerprint density at radius 2 is 2.10 bits per heavy atom. The molecule has 1 aromatic heterocycles. The fraction of sp³-hybridized carbons (Fsp3) is 0.167. The van der Waals surface area contributed by atoms with Crippen molar-refractivity contribution >= 4 is 37.6 Å². The van der Waals surface area contributed by atoms with Crippen molar-refractivity contribution in [1.29, 1.82) is 0 Å². The Bertz CT molecular complexity index is 794. The highest BCUT2D eigenvalue weighted by Gasteiger charge is 2.21. The molecule has 2 rings (SSSR count). The molecule has 0 aliphatic carbocycles. The first kappa shape index (κ1) is 15.5. The molecule has 1 heterocycles. The Morgan fingerprint density at radius 1 is 1.43 bits per heavy atom. The number of anilines is 1. The van der Waals surface area contributed by atoms with E-state index >= 15 is 0 Å². The minimum absolute atomic E-state index is 0.0194. The van der Waals surface area contributed by atoms with Gasteiger partial charge in [-0.15, -0.1) is 0 Å². The first-order valence-corrected chi connectivity index (χ1v) is 8.04. The highest BCUT2D eigenvalue weighted by molar-refractivity contribution is 9.10. The molecule has 7 nitrogen and oxygen atoms in total. The third kappa shape index (κ3) is 3.24. The second kappa shape index (κ2) is 5.49. The minimum Gasteiger partial charge on any atom is -0.478 e. The molecule has 0 radical (unpaired) electrons. The van der Waals surface area contributed by atoms with E-state index in [9.17, 15) is 13.2 Å². The van der Waals surface area contributed by atoms with Crippen LogP contribution in [0.2, 0.25) is 0 Å². The van der Waals surface area contributed by atoms with Crippen molar-refractivity contribution in [3.05, 3.63) is 40.3 Å². The molecule has 2 N–H and O–H groups in total. The maximum absolute atomic E-state index is 12.2. The molecule has 112 valence electrons. The first-order valence-electron chi connectivity index (χ1n) is 5.76. The van der Waals surface area contributed by atoms with Crippen LogP contribution in [0.15, 0.2) is 33.9 Å². The van der Waals surface area contributed by atoms with Gasteiger partial charge >= 0.3 is 5.97 Å². The Hall–Kier alpha value is -1.87. The molecule has 0 saturated carbocycles. The summed E-state index contributed by atoms with van der Waals surface area (Å²) in [6, 6.07) is 4.25. The summed E-state index contributed by atoms with van der Waals surface area (Å²) in [6.07, 6.45) is 1.36. The predicted octanol–water partition coefficient (Wildman–Crippen LogP) is 1.99. The lowest BCUT2D eigenvalue weighted by atomic mass is 10.2. The number of aromatic nitrogens is 2. The summed E-state index contributed by atoms with van der Waals surface area (Å²) >= 11 is 3.15. The van der Waals surface area contributed by atoms with E-state index < -0.39 is 16.0 Å². The van der Waals surface area contributed by atoms with Gasteiger partial charge in [0.25, 0.3) is 10.0 Å². The number of imidazole rings is 1. The maximum atomic E-state index is 12.2. The number of halogens is 1. The van der Waals surface area contributed by atoms with Gasteiger partial charge in [0.2, 0.25) is 0 Å². The normalized spacial score (nSPS) is 11.4. The van der Waals surface area contributed by atoms with Gasteiger partial charge < -0.3 is 9.67 Å². The van der Waals surface area contributed by atoms with Crippen LogP contribution in [0.25, 0.3) is 0 Å². The summed E-state index contributed by atoms with van der Waals surface area (Å²) in [5, 5.41) is 8.97. The van der Waals surface area contributed by atoms with Crippen LogP contribution in [0.4, 0.5) is 5.69 Å². The summed E-state index contributed by atoms with van der Waals surface area (Å²) in [5.74, 6) is -0.698. The van der Waals surface area contributed by atoms with Crippen LogP contribution in [-0.4, -0.2) is 29.0 Å². The number of carboxylic acids is 1. The Labute approximate surface area is 129 Å². The van der Waals surface area contributed by atoms with Crippen molar-refractivity contribution in [1.82, 2.24) is 9.55 Å². The molecule has 0 unspecified atom stereocenters. The Kier molecular flexibility index (Phi) is 4.06. The molecule has 0 amide bonds. The summed E-state index contributed by atoms with van der Waals surface area (Å²) in [6.45, 7) is 1.67. The number of carbonyl (C=O) groups is 1. The summed E-state index contributed by atoms with van der Waals surface area (Å²) < 4.78 is 28.8. The van der Waals surface area contributed by atoms with Crippen LogP contribution in [0.5, 0.6) is 0 Å². The number of hydrogen-bond acceptors (Lipinski definition) is 4. The third-order valence-corrected chi connectivity index (χ3v) is 4.55. The summed E-state index contributed by atoms with van der Waals surface area (Å²) in [5.41, 5.74) is -0.172. The number of rotatable bonds is 4. The molecule has 21 heavy (non-hydrogen) atoms. The van der Waals surface area contributed by atoms with E-state index in [2.05, 4.69) is 25.6 Å². The molecule has 9 heteroatoms. The van der Waals surface area contributed by atoms with Gasteiger partial charge in [-0.3, -0.25) is 4.72 Å². The van der Waals surface area contributed by atoms with Crippen LogP contribution >= 0.6 is 15.9 Å². The van der Waals surface area contributed by atoms with Crippen molar-refractivity contribution < 1.29 is 18.3 Å². The van der Waals surface area contributed by atoms with Gasteiger partial charge in [-0.05, 0) is 25.1 Å². The van der Waals surface area contributed by atoms with Crippen LogP contribution in [0.3, 0.4) is 0 Å². The fourth-order valence-electron chi connectivity index (χ4n) is 1.64. The molecule has 0 bridgehead atoms. The van der Waals surface area contributed by atoms with Gasteiger partial charge in [-0.25, -0.2) is 9.78 Å². The lowest BCUT2D eigenvalue weighted by Gasteiger charge is -2.09. The van der Waals surface area contributed by atoms with Gasteiger partial charge in [0, 0.05) is 17.7 Å². The van der Waals surface area contributed by atoms with Crippen molar-refractivity contribution in [3.8, 4) is 0 Å². The summed E-state index contributed by atoms with van der Waals surface area (Å²) in [4.78, 5) is 15.1. The maximum Gasteiger partial charge on any atom is 0.337 e. The lowest BCUT2D eigenvalue weighted by Crippen LogP contribution is -2.16. The lowest BCUT2D eigenvalue weighted by molar-refractivity contribution is 0.0698. The smallest absolute Gasteiger partial charge is 0.337 e. The highest BCUT2D eigenvalue weighted by atomic mass is 79.9. The zero-order valence-corrected chi connectivity index (χ0v) is 13.6. The van der Waals surface area contributed by atoms with Crippen molar-refractivity contribution in [2.75, 3.05) is 4.72 Å². The number of nitrogens with zero attached hydrogens (tertiary/aromatic N) is 2. The largest absolute Gasteiger partial charge is 0.478 e. The second-order valence-corrected chi connectivity index (χ2v) is 6.88. The van der Waals surface area contributed by atoms with Gasteiger partial charge in [-0.1, -0.05) is 15.9 Å². The molecule has 0 atom stereocenters. The average Bonchev–Trinajstić information content (AvgIpc) is 2.72. The van der Waals surface area contributed by atoms with Crippen molar-refractivity contribution in [2.24, 2.45) is 7.05 Å². The molecule has 2 aromatic rings. The number of carboxylic acid groups (broad SMARTS) is 1. The predicted molar refractivity (Wildman–Crippen MR) is 79.9 cm³/mol. The number of sulfonamides is 1. The number of nitrogens with one attached hydrogen (secondary N) is 1. The number of benzene rings is 1. The molecule has 0 fully saturated rings. The van der Waals surface area contributed by atoms with Crippen molar-refractivity contribution in [2.45, 2.75) is 11.9 Å². The molecule has 0 aliphatic rings. The van der Waals surface area contributed by atoms with E-state index in [1.54, 1.807) is 24.6 Å². The highest BCUT2D eigenvalue weighted by Crippen LogP contribution is 2.23. The fourth-order valence-corrected chi connectivity index (χ4v) is 3.12. The average molecular weight is 374 g/mol. The van der Waals surface area contributed by atoms with Crippen LogP contribution in [0, 0.1) is 6.92 Å². The van der Waals surface area contributed by atoms with Gasteiger partial charge in [0.15, 0.2) is 5.03 Å². The van der Waals surface area contributed by atoms with E-state index in [-0.39, 0.29) is 16.3 Å². The van der Waals surface area contributed by atoms with Crippen LogP contribution in [0.1, 0.15) is 16.2 Å². The van der Waals surface area contributed by atoms with E-state index in [4.69, 9.17) is 5.11 Å². The molecule has 0 saturated heterocycles. The zero-order chi connectivity index (χ0) is 15.8. The number of aryl methyl sites for hydroxylation is 2. The minimum atomic E-state index is -3.94. The standard InChI is InChI=1S/C12H12BrN3O4S/c1-7-14-11(6-16(7)2)21(19,20)15-10-4-3-8(13)5-9(10)12(17)18/h3-6,15H,1-2H3,(H,17,18). The number of aromatic carboxylic acids is 1. The monoisotopic (exact) mass is 373 g/mol. The molecular formula is C12H12BrN3O4S. The topological polar surface area (TPSA) is 101 Å². The third-order valence-electron chi connectivity index (χ3n) is 2.82. The zero-order valence-electron chi connectivity index (χ0n) is 11.2. The number of hydrogen-bond donors (Lipinski definition) is 2. The van der Waals surface area contributed by atoms with E-state index in [0.29, 0.717) is 10.3 Å². The quantitative estimate of drug-likeness (QED) is 0.852. The van der Waals surface area contributed by atoms with Gasteiger partial charge in [0.1, 0.15) is 5.82 Å². The van der Waals surface area contributed by atoms with Gasteiger partial charge in [-0.2, -0.15) is 8.42 Å². The van der Waals surface area contributed by atoms with Crippen LogP contribution < -0.4 is 4.72 Å². The van der Waals surface area contributed by atoms with Gasteiger partial charge in [0.05, 0.1) is 11.3 Å². The SMILES string of the molecule is Cc1nc(S(=O)(=O)Nc2ccc(Br)cc2C(=O)O)cn1C. The second-order valence-electron chi connectivity index (χ2n) is 4.34. The molecule has 0 spiro atoms. The molecule has 1 aromatic carbocycles. The molecular weight excluding hydrogens is 362 g/mol. The van der Waals surface area contributed by atoms with E-state index in [1.165, 1.54) is 18.3 Å².